The lowest BCUT2D eigenvalue weighted by atomic mass is 9.86. The van der Waals surface area contributed by atoms with Gasteiger partial charge in [0.2, 0.25) is 5.91 Å². The van der Waals surface area contributed by atoms with Crippen molar-refractivity contribution in [2.45, 2.75) is 43.4 Å². The fourth-order valence-corrected chi connectivity index (χ4v) is 3.56. The van der Waals surface area contributed by atoms with Gasteiger partial charge in [0.15, 0.2) is 0 Å². The topological polar surface area (TPSA) is 74.7 Å². The van der Waals surface area contributed by atoms with E-state index in [-0.39, 0.29) is 37.4 Å². The fraction of sp³-hybridized carbons (Fsp3) is 0.909. The summed E-state index contributed by atoms with van der Waals surface area (Å²) < 4.78 is 34.5. The van der Waals surface area contributed by atoms with Gasteiger partial charge in [0.1, 0.15) is 5.25 Å². The first-order chi connectivity index (χ1) is 8.41. The maximum atomic E-state index is 12.9. The minimum Gasteiger partial charge on any atom is -0.396 e. The van der Waals surface area contributed by atoms with Crippen LogP contribution in [0.3, 0.4) is 0 Å². The fourth-order valence-electron chi connectivity index (χ4n) is 2.88. The van der Waals surface area contributed by atoms with Crippen molar-refractivity contribution < 1.29 is 22.2 Å². The van der Waals surface area contributed by atoms with Crippen LogP contribution >= 0.6 is 0 Å². The van der Waals surface area contributed by atoms with E-state index in [1.165, 1.54) is 4.90 Å². The molecule has 1 heterocycles. The smallest absolute Gasteiger partial charge is 0.307 e. The van der Waals surface area contributed by atoms with Crippen LogP contribution in [0.1, 0.15) is 32.1 Å². The van der Waals surface area contributed by atoms with Crippen LogP contribution in [0.15, 0.2) is 0 Å². The van der Waals surface area contributed by atoms with E-state index < -0.39 is 15.5 Å². The highest BCUT2D eigenvalue weighted by molar-refractivity contribution is 7.87. The van der Waals surface area contributed by atoms with E-state index >= 15 is 0 Å². The van der Waals surface area contributed by atoms with Crippen molar-refractivity contribution in [1.82, 2.24) is 4.90 Å². The highest BCUT2D eigenvalue weighted by Gasteiger charge is 2.41. The third kappa shape index (κ3) is 2.83. The maximum absolute atomic E-state index is 12.9. The molecule has 0 radical (unpaired) electrons. The average molecular weight is 279 g/mol. The van der Waals surface area contributed by atoms with E-state index in [9.17, 15) is 17.1 Å². The number of hydrogen-bond donors (Lipinski definition) is 1. The monoisotopic (exact) mass is 279 g/mol. The van der Waals surface area contributed by atoms with Gasteiger partial charge in [-0.3, -0.25) is 4.79 Å². The van der Waals surface area contributed by atoms with Gasteiger partial charge in [-0.05, 0) is 31.6 Å². The van der Waals surface area contributed by atoms with Crippen LogP contribution in [-0.4, -0.2) is 48.8 Å². The molecule has 1 saturated carbocycles. The van der Waals surface area contributed by atoms with Gasteiger partial charge in [-0.2, -0.15) is 8.42 Å². The summed E-state index contributed by atoms with van der Waals surface area (Å²) in [4.78, 5) is 13.2. The Bertz CT molecular complexity index is 417. The molecular weight excluding hydrogens is 261 g/mol. The number of carbonyl (C=O) groups is 1. The molecule has 1 atom stereocenters. The molecule has 104 valence electrons. The summed E-state index contributed by atoms with van der Waals surface area (Å²) >= 11 is 0. The van der Waals surface area contributed by atoms with Gasteiger partial charge in [0.05, 0.1) is 0 Å². The van der Waals surface area contributed by atoms with Crippen molar-refractivity contribution in [3.8, 4) is 0 Å². The van der Waals surface area contributed by atoms with Gasteiger partial charge in [0, 0.05) is 25.6 Å². The first-order valence-electron chi connectivity index (χ1n) is 6.25. The number of rotatable bonds is 3. The molecule has 2 fully saturated rings. The second-order valence-electron chi connectivity index (χ2n) is 5.20. The Morgan fingerprint density at radius 2 is 1.89 bits per heavy atom. The lowest BCUT2D eigenvalue weighted by molar-refractivity contribution is -0.130. The summed E-state index contributed by atoms with van der Waals surface area (Å²) in [5, 5.41) is 7.84. The average Bonchev–Trinajstić information content (AvgIpc) is 2.71. The summed E-state index contributed by atoms with van der Waals surface area (Å²) in [6.07, 6.45) is 2.95. The highest BCUT2D eigenvalue weighted by Crippen LogP contribution is 2.31. The molecule has 2 rings (SSSR count). The standard InChI is InChI=1S/C11H18FNO4S/c12-18(16,17)10-5-11(15)13(6-10)9-3-1-8(7-14)2-4-9/h8-10,14H,1-7H2. The van der Waals surface area contributed by atoms with Crippen LogP contribution < -0.4 is 0 Å². The van der Waals surface area contributed by atoms with E-state index in [1.807, 2.05) is 0 Å². The second kappa shape index (κ2) is 5.13. The molecule has 0 aromatic heterocycles. The zero-order valence-electron chi connectivity index (χ0n) is 10.1. The summed E-state index contributed by atoms with van der Waals surface area (Å²) in [5.74, 6) is 0.00772. The normalized spacial score (nSPS) is 34.0. The Labute approximate surface area is 106 Å². The quantitative estimate of drug-likeness (QED) is 0.761. The van der Waals surface area contributed by atoms with E-state index in [4.69, 9.17) is 5.11 Å². The predicted octanol–water partition coefficient (Wildman–Crippen LogP) is 0.438. The zero-order valence-corrected chi connectivity index (χ0v) is 10.9. The molecule has 0 bridgehead atoms. The molecular formula is C11H18FNO4S. The van der Waals surface area contributed by atoms with E-state index in [0.29, 0.717) is 0 Å². The Morgan fingerprint density at radius 3 is 2.33 bits per heavy atom. The molecule has 1 saturated heterocycles. The lowest BCUT2D eigenvalue weighted by Gasteiger charge is -2.34. The van der Waals surface area contributed by atoms with Crippen molar-refractivity contribution in [2.75, 3.05) is 13.2 Å². The molecule has 5 nitrogen and oxygen atoms in total. The summed E-state index contributed by atoms with van der Waals surface area (Å²) in [6.45, 7) is 0.133. The van der Waals surface area contributed by atoms with E-state index in [2.05, 4.69) is 0 Å². The Kier molecular flexibility index (Phi) is 3.91. The molecule has 18 heavy (non-hydrogen) atoms. The number of hydrogen-bond acceptors (Lipinski definition) is 4. The molecule has 1 N–H and O–H groups in total. The van der Waals surface area contributed by atoms with Crippen LogP contribution in [0.25, 0.3) is 0 Å². The molecule has 1 amide bonds. The van der Waals surface area contributed by atoms with Gasteiger partial charge < -0.3 is 10.0 Å². The highest BCUT2D eigenvalue weighted by atomic mass is 32.3. The van der Waals surface area contributed by atoms with Gasteiger partial charge in [-0.15, -0.1) is 3.89 Å². The molecule has 2 aliphatic rings. The van der Waals surface area contributed by atoms with Gasteiger partial charge >= 0.3 is 10.2 Å². The molecule has 0 aromatic carbocycles. The number of aliphatic hydroxyl groups excluding tert-OH is 1. The van der Waals surface area contributed by atoms with Crippen molar-refractivity contribution in [1.29, 1.82) is 0 Å². The summed E-state index contributed by atoms with van der Waals surface area (Å²) in [6, 6.07) is 0.00653. The molecule has 0 spiro atoms. The molecule has 7 heteroatoms. The molecule has 1 unspecified atom stereocenters. The first-order valence-corrected chi connectivity index (χ1v) is 7.70. The summed E-state index contributed by atoms with van der Waals surface area (Å²) in [7, 11) is -4.62. The van der Waals surface area contributed by atoms with Gasteiger partial charge in [-0.1, -0.05) is 0 Å². The van der Waals surface area contributed by atoms with Crippen molar-refractivity contribution >= 4 is 16.1 Å². The minimum absolute atomic E-state index is 0.00653. The number of amides is 1. The maximum Gasteiger partial charge on any atom is 0.307 e. The number of halogens is 1. The lowest BCUT2D eigenvalue weighted by Crippen LogP contribution is -2.40. The molecule has 0 aromatic rings. The van der Waals surface area contributed by atoms with Crippen LogP contribution in [0, 0.1) is 5.92 Å². The first kappa shape index (κ1) is 13.7. The third-order valence-electron chi connectivity index (χ3n) is 4.04. The number of nitrogens with zero attached hydrogens (tertiary/aromatic N) is 1. The Balaban J connectivity index is 1.97. The third-order valence-corrected chi connectivity index (χ3v) is 5.15. The van der Waals surface area contributed by atoms with Gasteiger partial charge in [-0.25, -0.2) is 0 Å². The Hall–Kier alpha value is -0.690. The molecule has 1 aliphatic carbocycles. The van der Waals surface area contributed by atoms with Crippen LogP contribution in [0.4, 0.5) is 3.89 Å². The SMILES string of the molecule is O=C1CC(S(=O)(=O)F)CN1C1CCC(CO)CC1. The van der Waals surface area contributed by atoms with Crippen molar-refractivity contribution in [2.24, 2.45) is 5.92 Å². The van der Waals surface area contributed by atoms with Crippen LogP contribution in [0.5, 0.6) is 0 Å². The number of likely N-dealkylation sites (tertiary alicyclic amines) is 1. The van der Waals surface area contributed by atoms with E-state index in [0.717, 1.165) is 25.7 Å². The summed E-state index contributed by atoms with van der Waals surface area (Å²) in [5.41, 5.74) is 0. The van der Waals surface area contributed by atoms with Crippen molar-refractivity contribution in [3.63, 3.8) is 0 Å². The van der Waals surface area contributed by atoms with Gasteiger partial charge in [0.25, 0.3) is 0 Å². The number of carbonyl (C=O) groups excluding carboxylic acids is 1. The van der Waals surface area contributed by atoms with Crippen molar-refractivity contribution in [3.05, 3.63) is 0 Å². The van der Waals surface area contributed by atoms with Crippen LogP contribution in [0.2, 0.25) is 0 Å². The van der Waals surface area contributed by atoms with E-state index in [1.54, 1.807) is 0 Å². The Morgan fingerprint density at radius 1 is 1.28 bits per heavy atom. The largest absolute Gasteiger partial charge is 0.396 e. The van der Waals surface area contributed by atoms with Crippen LogP contribution in [-0.2, 0) is 15.0 Å². The zero-order chi connectivity index (χ0) is 13.3. The second-order valence-corrected chi connectivity index (χ2v) is 6.82. The predicted molar refractivity (Wildman–Crippen MR) is 63.0 cm³/mol. The number of aliphatic hydroxyl groups is 1. The molecule has 1 aliphatic heterocycles. The minimum atomic E-state index is -4.62.